The SMILES string of the molecule is CC1CC1(O)c1cc(F)cc(Br)c1. The van der Waals surface area contributed by atoms with Crippen molar-refractivity contribution in [1.29, 1.82) is 0 Å². The minimum Gasteiger partial charge on any atom is -0.385 e. The molecule has 1 saturated carbocycles. The second kappa shape index (κ2) is 2.79. The Kier molecular flexibility index (Phi) is 1.96. The van der Waals surface area contributed by atoms with Crippen molar-refractivity contribution >= 4 is 15.9 Å². The van der Waals surface area contributed by atoms with Gasteiger partial charge in [-0.25, -0.2) is 4.39 Å². The zero-order valence-electron chi connectivity index (χ0n) is 7.22. The van der Waals surface area contributed by atoms with E-state index in [1.807, 2.05) is 6.92 Å². The summed E-state index contributed by atoms with van der Waals surface area (Å²) in [5, 5.41) is 9.93. The molecule has 0 bridgehead atoms. The molecule has 13 heavy (non-hydrogen) atoms. The second-order valence-corrected chi connectivity index (χ2v) is 4.60. The Morgan fingerprint density at radius 3 is 2.62 bits per heavy atom. The van der Waals surface area contributed by atoms with E-state index in [0.717, 1.165) is 6.42 Å². The molecule has 0 aliphatic heterocycles. The lowest BCUT2D eigenvalue weighted by atomic mass is 10.1. The van der Waals surface area contributed by atoms with E-state index in [4.69, 9.17) is 0 Å². The van der Waals surface area contributed by atoms with Crippen LogP contribution in [-0.2, 0) is 5.60 Å². The number of rotatable bonds is 1. The molecule has 0 saturated heterocycles. The third-order valence-electron chi connectivity index (χ3n) is 2.63. The minimum atomic E-state index is -0.787. The number of benzene rings is 1. The van der Waals surface area contributed by atoms with Crippen molar-refractivity contribution in [3.05, 3.63) is 34.1 Å². The van der Waals surface area contributed by atoms with Crippen LogP contribution in [0.4, 0.5) is 4.39 Å². The third kappa shape index (κ3) is 1.51. The largest absolute Gasteiger partial charge is 0.385 e. The van der Waals surface area contributed by atoms with Crippen LogP contribution in [-0.4, -0.2) is 5.11 Å². The molecule has 70 valence electrons. The summed E-state index contributed by atoms with van der Waals surface area (Å²) in [6, 6.07) is 4.56. The molecule has 0 heterocycles. The van der Waals surface area contributed by atoms with Gasteiger partial charge in [0.2, 0.25) is 0 Å². The molecule has 2 rings (SSSR count). The fraction of sp³-hybridized carbons (Fsp3) is 0.400. The summed E-state index contributed by atoms with van der Waals surface area (Å²) in [6.07, 6.45) is 0.725. The molecule has 1 nitrogen and oxygen atoms in total. The highest BCUT2D eigenvalue weighted by molar-refractivity contribution is 9.10. The first kappa shape index (κ1) is 9.16. The van der Waals surface area contributed by atoms with Crippen LogP contribution in [0.2, 0.25) is 0 Å². The third-order valence-corrected chi connectivity index (χ3v) is 3.09. The predicted molar refractivity (Wildman–Crippen MR) is 51.8 cm³/mol. The molecule has 0 radical (unpaired) electrons. The maximum atomic E-state index is 13.0. The maximum Gasteiger partial charge on any atom is 0.124 e. The lowest BCUT2D eigenvalue weighted by Gasteiger charge is -2.09. The molecule has 0 spiro atoms. The van der Waals surface area contributed by atoms with Crippen molar-refractivity contribution in [1.82, 2.24) is 0 Å². The molecule has 1 aliphatic rings. The van der Waals surface area contributed by atoms with Gasteiger partial charge in [-0.1, -0.05) is 22.9 Å². The van der Waals surface area contributed by atoms with Gasteiger partial charge in [0.05, 0.1) is 5.60 Å². The van der Waals surface area contributed by atoms with Crippen LogP contribution in [0.3, 0.4) is 0 Å². The first-order valence-electron chi connectivity index (χ1n) is 4.21. The topological polar surface area (TPSA) is 20.2 Å². The van der Waals surface area contributed by atoms with Crippen LogP contribution >= 0.6 is 15.9 Å². The van der Waals surface area contributed by atoms with Crippen molar-refractivity contribution in [2.75, 3.05) is 0 Å². The molecule has 0 aromatic heterocycles. The molecule has 1 aromatic carbocycles. The average Bonchev–Trinajstić information content (AvgIpc) is 2.59. The van der Waals surface area contributed by atoms with Gasteiger partial charge in [0.15, 0.2) is 0 Å². The van der Waals surface area contributed by atoms with Gasteiger partial charge in [-0.3, -0.25) is 0 Å². The van der Waals surface area contributed by atoms with Gasteiger partial charge in [-0.2, -0.15) is 0 Å². The first-order chi connectivity index (χ1) is 6.02. The zero-order valence-corrected chi connectivity index (χ0v) is 8.81. The highest BCUT2D eigenvalue weighted by atomic mass is 79.9. The lowest BCUT2D eigenvalue weighted by molar-refractivity contribution is 0.134. The normalized spacial score (nSPS) is 31.8. The quantitative estimate of drug-likeness (QED) is 0.806. The molecule has 1 N–H and O–H groups in total. The van der Waals surface area contributed by atoms with Crippen LogP contribution < -0.4 is 0 Å². The van der Waals surface area contributed by atoms with Crippen LogP contribution in [0.25, 0.3) is 0 Å². The molecule has 1 aliphatic carbocycles. The van der Waals surface area contributed by atoms with Gasteiger partial charge in [-0.05, 0) is 36.1 Å². The number of hydrogen-bond donors (Lipinski definition) is 1. The van der Waals surface area contributed by atoms with E-state index in [1.54, 1.807) is 6.07 Å². The Morgan fingerprint density at radius 1 is 1.54 bits per heavy atom. The van der Waals surface area contributed by atoms with Crippen molar-refractivity contribution < 1.29 is 9.50 Å². The van der Waals surface area contributed by atoms with E-state index in [0.29, 0.717) is 10.0 Å². The van der Waals surface area contributed by atoms with Gasteiger partial charge in [0.1, 0.15) is 5.82 Å². The summed E-state index contributed by atoms with van der Waals surface area (Å²) in [4.78, 5) is 0. The highest BCUT2D eigenvalue weighted by Crippen LogP contribution is 2.51. The van der Waals surface area contributed by atoms with Gasteiger partial charge in [0, 0.05) is 4.47 Å². The molecule has 1 aromatic rings. The van der Waals surface area contributed by atoms with Crippen molar-refractivity contribution in [2.45, 2.75) is 18.9 Å². The fourth-order valence-electron chi connectivity index (χ4n) is 1.61. The summed E-state index contributed by atoms with van der Waals surface area (Å²) < 4.78 is 13.6. The monoisotopic (exact) mass is 244 g/mol. The Hall–Kier alpha value is -0.410. The summed E-state index contributed by atoms with van der Waals surface area (Å²) >= 11 is 3.20. The van der Waals surface area contributed by atoms with E-state index in [2.05, 4.69) is 15.9 Å². The van der Waals surface area contributed by atoms with Crippen molar-refractivity contribution in [2.24, 2.45) is 5.92 Å². The first-order valence-corrected chi connectivity index (χ1v) is 5.00. The van der Waals surface area contributed by atoms with E-state index >= 15 is 0 Å². The minimum absolute atomic E-state index is 0.237. The van der Waals surface area contributed by atoms with Gasteiger partial charge < -0.3 is 5.11 Å². The van der Waals surface area contributed by atoms with Crippen LogP contribution in [0.15, 0.2) is 22.7 Å². The molecule has 2 unspecified atom stereocenters. The summed E-state index contributed by atoms with van der Waals surface area (Å²) in [5.41, 5.74) is -0.114. The van der Waals surface area contributed by atoms with Crippen LogP contribution in [0, 0.1) is 11.7 Å². The second-order valence-electron chi connectivity index (χ2n) is 3.69. The number of hydrogen-bond acceptors (Lipinski definition) is 1. The van der Waals surface area contributed by atoms with E-state index in [9.17, 15) is 9.50 Å². The summed E-state index contributed by atoms with van der Waals surface area (Å²) in [5.74, 6) is -0.0712. The lowest BCUT2D eigenvalue weighted by Crippen LogP contribution is -2.07. The molecule has 0 amide bonds. The van der Waals surface area contributed by atoms with Crippen LogP contribution in [0.1, 0.15) is 18.9 Å². The zero-order chi connectivity index (χ0) is 9.64. The van der Waals surface area contributed by atoms with Crippen molar-refractivity contribution in [3.63, 3.8) is 0 Å². The number of halogens is 2. The fourth-order valence-corrected chi connectivity index (χ4v) is 2.08. The average molecular weight is 245 g/mol. The molecule has 3 heteroatoms. The summed E-state index contributed by atoms with van der Waals surface area (Å²) in [7, 11) is 0. The Balaban J connectivity index is 2.42. The number of aliphatic hydroxyl groups is 1. The van der Waals surface area contributed by atoms with E-state index in [-0.39, 0.29) is 11.7 Å². The van der Waals surface area contributed by atoms with E-state index in [1.165, 1.54) is 12.1 Å². The molecular formula is C10H10BrFO. The smallest absolute Gasteiger partial charge is 0.124 e. The Bertz CT molecular complexity index is 333. The summed E-state index contributed by atoms with van der Waals surface area (Å²) in [6.45, 7) is 1.96. The van der Waals surface area contributed by atoms with Gasteiger partial charge in [0.25, 0.3) is 0 Å². The Morgan fingerprint density at radius 2 is 2.15 bits per heavy atom. The van der Waals surface area contributed by atoms with Gasteiger partial charge in [-0.15, -0.1) is 0 Å². The predicted octanol–water partition coefficient (Wildman–Crippen LogP) is 2.82. The molecule has 2 atom stereocenters. The van der Waals surface area contributed by atoms with Crippen molar-refractivity contribution in [3.8, 4) is 0 Å². The van der Waals surface area contributed by atoms with Gasteiger partial charge >= 0.3 is 0 Å². The van der Waals surface area contributed by atoms with Crippen LogP contribution in [0.5, 0.6) is 0 Å². The standard InChI is InChI=1S/C10H10BrFO/c1-6-5-10(6,13)7-2-8(11)4-9(12)3-7/h2-4,6,13H,5H2,1H3. The van der Waals surface area contributed by atoms with E-state index < -0.39 is 5.60 Å². The Labute approximate surface area is 84.7 Å². The maximum absolute atomic E-state index is 13.0. The molecular weight excluding hydrogens is 235 g/mol. The highest BCUT2D eigenvalue weighted by Gasteiger charge is 2.51. The molecule has 1 fully saturated rings.